The number of ketones is 1. The lowest BCUT2D eigenvalue weighted by Crippen LogP contribution is -2.14. The molecule has 0 bridgehead atoms. The molecule has 1 heterocycles. The number of aliphatic hydroxyl groups excluding tert-OH is 1. The Bertz CT molecular complexity index is 352. The van der Waals surface area contributed by atoms with E-state index in [0.717, 1.165) is 0 Å². The number of carbonyl (C=O) groups is 2. The van der Waals surface area contributed by atoms with Crippen molar-refractivity contribution in [3.63, 3.8) is 0 Å². The van der Waals surface area contributed by atoms with Crippen LogP contribution in [0.3, 0.4) is 0 Å². The molecule has 1 N–H and O–H groups in total. The maximum Gasteiger partial charge on any atom is 0.346 e. The molecule has 1 aliphatic rings. The Morgan fingerprint density at radius 2 is 1.88 bits per heavy atom. The van der Waals surface area contributed by atoms with Gasteiger partial charge >= 0.3 is 5.97 Å². The lowest BCUT2D eigenvalue weighted by atomic mass is 9.98. The molecule has 0 amide bonds. The Morgan fingerprint density at radius 3 is 2.35 bits per heavy atom. The zero-order chi connectivity index (χ0) is 13.2. The van der Waals surface area contributed by atoms with Crippen molar-refractivity contribution < 1.29 is 19.4 Å². The predicted octanol–water partition coefficient (Wildman–Crippen LogP) is 2.39. The van der Waals surface area contributed by atoms with Gasteiger partial charge < -0.3 is 9.84 Å². The molecule has 0 saturated carbocycles. The molecule has 0 spiro atoms. The van der Waals surface area contributed by atoms with Crippen LogP contribution in [-0.4, -0.2) is 23.0 Å². The van der Waals surface area contributed by atoms with Gasteiger partial charge in [-0.25, -0.2) is 4.79 Å². The number of cyclic esters (lactones) is 1. The normalized spacial score (nSPS) is 20.4. The Morgan fingerprint density at radius 1 is 1.29 bits per heavy atom. The molecule has 0 radical (unpaired) electrons. The minimum Gasteiger partial charge on any atom is -0.507 e. The number of aliphatic hydroxyl groups is 1. The molecule has 0 fully saturated rings. The number of hydrogen-bond donors (Lipinski definition) is 1. The second kappa shape index (κ2) is 5.34. The van der Waals surface area contributed by atoms with E-state index in [4.69, 9.17) is 4.74 Å². The van der Waals surface area contributed by atoms with Crippen LogP contribution < -0.4 is 0 Å². The van der Waals surface area contributed by atoms with E-state index >= 15 is 0 Å². The molecule has 0 aliphatic carbocycles. The van der Waals surface area contributed by atoms with Gasteiger partial charge in [-0.1, -0.05) is 27.7 Å². The molecule has 0 aromatic rings. The summed E-state index contributed by atoms with van der Waals surface area (Å²) in [6, 6.07) is 0. The fourth-order valence-corrected chi connectivity index (χ4v) is 1.83. The summed E-state index contributed by atoms with van der Waals surface area (Å²) >= 11 is 0. The maximum absolute atomic E-state index is 11.8. The largest absolute Gasteiger partial charge is 0.507 e. The van der Waals surface area contributed by atoms with Gasteiger partial charge in [0.2, 0.25) is 0 Å². The predicted molar refractivity (Wildman–Crippen MR) is 63.5 cm³/mol. The fourth-order valence-electron chi connectivity index (χ4n) is 1.83. The van der Waals surface area contributed by atoms with E-state index in [1.54, 1.807) is 0 Å². The van der Waals surface area contributed by atoms with Crippen molar-refractivity contribution in [3.05, 3.63) is 11.3 Å². The molecule has 4 nitrogen and oxygen atoms in total. The third-order valence-corrected chi connectivity index (χ3v) is 2.57. The van der Waals surface area contributed by atoms with Crippen LogP contribution in [0.4, 0.5) is 0 Å². The second-order valence-corrected chi connectivity index (χ2v) is 5.30. The standard InChI is InChI=1S/C13H20O4/c1-7(2)5-9(14)11-12(15)10(6-8(3)4)17-13(11)16/h7-8,10,15H,5-6H2,1-4H3/t10-/m0/s1. The van der Waals surface area contributed by atoms with E-state index in [0.29, 0.717) is 6.42 Å². The molecule has 4 heteroatoms. The highest BCUT2D eigenvalue weighted by molar-refractivity contribution is 6.19. The number of hydrogen-bond acceptors (Lipinski definition) is 4. The van der Waals surface area contributed by atoms with Crippen LogP contribution in [0.25, 0.3) is 0 Å². The first-order valence-corrected chi connectivity index (χ1v) is 6.00. The Balaban J connectivity index is 2.85. The van der Waals surface area contributed by atoms with Crippen LogP contribution in [0.5, 0.6) is 0 Å². The van der Waals surface area contributed by atoms with Crippen molar-refractivity contribution in [3.8, 4) is 0 Å². The van der Waals surface area contributed by atoms with Gasteiger partial charge in [0.15, 0.2) is 17.6 Å². The van der Waals surface area contributed by atoms with Crippen molar-refractivity contribution in [1.82, 2.24) is 0 Å². The van der Waals surface area contributed by atoms with Crippen molar-refractivity contribution >= 4 is 11.8 Å². The first kappa shape index (κ1) is 13.7. The highest BCUT2D eigenvalue weighted by atomic mass is 16.6. The zero-order valence-electron chi connectivity index (χ0n) is 10.8. The number of rotatable bonds is 5. The molecule has 0 unspecified atom stereocenters. The first-order valence-electron chi connectivity index (χ1n) is 6.00. The van der Waals surface area contributed by atoms with Crippen LogP contribution in [0.1, 0.15) is 40.5 Å². The molecule has 1 aliphatic heterocycles. The number of Topliss-reactive ketones (excluding diaryl/α,β-unsaturated/α-hetero) is 1. The number of esters is 1. The summed E-state index contributed by atoms with van der Waals surface area (Å²) in [5.41, 5.74) is -0.149. The van der Waals surface area contributed by atoms with Gasteiger partial charge in [0.25, 0.3) is 0 Å². The van der Waals surface area contributed by atoms with Gasteiger partial charge in [-0.2, -0.15) is 0 Å². The van der Waals surface area contributed by atoms with E-state index in [2.05, 4.69) is 0 Å². The van der Waals surface area contributed by atoms with Gasteiger partial charge in [-0.05, 0) is 18.3 Å². The quantitative estimate of drug-likeness (QED) is 0.592. The Labute approximate surface area is 102 Å². The maximum atomic E-state index is 11.8. The molecular weight excluding hydrogens is 220 g/mol. The van der Waals surface area contributed by atoms with E-state index < -0.39 is 12.1 Å². The summed E-state index contributed by atoms with van der Waals surface area (Å²) in [5.74, 6) is -0.754. The molecule has 17 heavy (non-hydrogen) atoms. The van der Waals surface area contributed by atoms with Crippen LogP contribution in [0.15, 0.2) is 11.3 Å². The summed E-state index contributed by atoms with van der Waals surface area (Å²) in [6.45, 7) is 7.72. The molecule has 1 rings (SSSR count). The molecule has 0 saturated heterocycles. The van der Waals surface area contributed by atoms with Crippen molar-refractivity contribution in [1.29, 1.82) is 0 Å². The van der Waals surface area contributed by atoms with E-state index in [9.17, 15) is 14.7 Å². The van der Waals surface area contributed by atoms with Crippen LogP contribution in [-0.2, 0) is 14.3 Å². The molecular formula is C13H20O4. The average Bonchev–Trinajstić information content (AvgIpc) is 2.39. The topological polar surface area (TPSA) is 63.6 Å². The smallest absolute Gasteiger partial charge is 0.346 e. The van der Waals surface area contributed by atoms with Crippen LogP contribution >= 0.6 is 0 Å². The minimum atomic E-state index is -0.682. The highest BCUT2D eigenvalue weighted by Gasteiger charge is 2.38. The van der Waals surface area contributed by atoms with Gasteiger partial charge in [0.1, 0.15) is 5.57 Å². The molecule has 0 aromatic heterocycles. The summed E-state index contributed by atoms with van der Waals surface area (Å²) < 4.78 is 5.02. The van der Waals surface area contributed by atoms with Gasteiger partial charge in [-0.15, -0.1) is 0 Å². The zero-order valence-corrected chi connectivity index (χ0v) is 10.8. The lowest BCUT2D eigenvalue weighted by molar-refractivity contribution is -0.141. The van der Waals surface area contributed by atoms with E-state index in [1.165, 1.54) is 0 Å². The number of carbonyl (C=O) groups excluding carboxylic acids is 2. The SMILES string of the molecule is CC(C)CC(=O)C1=C(O)[C@H](CC(C)C)OC1=O. The summed E-state index contributed by atoms with van der Waals surface area (Å²) in [6.07, 6.45) is 0.146. The van der Waals surface area contributed by atoms with Gasteiger partial charge in [-0.3, -0.25) is 4.79 Å². The summed E-state index contributed by atoms with van der Waals surface area (Å²) in [5, 5.41) is 9.86. The first-order chi connectivity index (χ1) is 7.82. The lowest BCUT2D eigenvalue weighted by Gasteiger charge is -2.11. The summed E-state index contributed by atoms with van der Waals surface area (Å²) in [7, 11) is 0. The van der Waals surface area contributed by atoms with Crippen molar-refractivity contribution in [2.24, 2.45) is 11.8 Å². The van der Waals surface area contributed by atoms with Crippen LogP contribution in [0, 0.1) is 11.8 Å². The second-order valence-electron chi connectivity index (χ2n) is 5.30. The monoisotopic (exact) mass is 240 g/mol. The van der Waals surface area contributed by atoms with Crippen molar-refractivity contribution in [2.75, 3.05) is 0 Å². The Hall–Kier alpha value is -1.32. The van der Waals surface area contributed by atoms with Crippen LogP contribution in [0.2, 0.25) is 0 Å². The van der Waals surface area contributed by atoms with Gasteiger partial charge in [0.05, 0.1) is 0 Å². The van der Waals surface area contributed by atoms with Gasteiger partial charge in [0, 0.05) is 6.42 Å². The number of ether oxygens (including phenoxy) is 1. The Kier molecular flexibility index (Phi) is 4.32. The van der Waals surface area contributed by atoms with E-state index in [-0.39, 0.29) is 35.4 Å². The third kappa shape index (κ3) is 3.32. The fraction of sp³-hybridized carbons (Fsp3) is 0.692. The highest BCUT2D eigenvalue weighted by Crippen LogP contribution is 2.27. The average molecular weight is 240 g/mol. The molecule has 0 aromatic carbocycles. The molecule has 96 valence electrons. The van der Waals surface area contributed by atoms with E-state index in [1.807, 2.05) is 27.7 Å². The summed E-state index contributed by atoms with van der Waals surface area (Å²) in [4.78, 5) is 23.3. The minimum absolute atomic E-state index is 0.149. The van der Waals surface area contributed by atoms with Crippen molar-refractivity contribution in [2.45, 2.75) is 46.6 Å². The molecule has 1 atom stereocenters. The third-order valence-electron chi connectivity index (χ3n) is 2.57.